The van der Waals surface area contributed by atoms with Crippen molar-refractivity contribution in [3.63, 3.8) is 0 Å². The van der Waals surface area contributed by atoms with Crippen molar-refractivity contribution in [2.24, 2.45) is 0 Å². The van der Waals surface area contributed by atoms with Crippen LogP contribution < -0.4 is 10.5 Å². The van der Waals surface area contributed by atoms with Gasteiger partial charge >= 0.3 is 0 Å². The van der Waals surface area contributed by atoms with Gasteiger partial charge in [0.2, 0.25) is 10.0 Å². The van der Waals surface area contributed by atoms with Crippen LogP contribution >= 0.6 is 0 Å². The van der Waals surface area contributed by atoms with E-state index < -0.39 is 10.0 Å². The summed E-state index contributed by atoms with van der Waals surface area (Å²) in [7, 11) is -3.63. The quantitative estimate of drug-likeness (QED) is 0.761. The van der Waals surface area contributed by atoms with E-state index in [0.717, 1.165) is 12.0 Å². The second kappa shape index (κ2) is 5.41. The summed E-state index contributed by atoms with van der Waals surface area (Å²) in [6, 6.07) is 7.77. The van der Waals surface area contributed by atoms with E-state index >= 15 is 0 Å². The summed E-state index contributed by atoms with van der Waals surface area (Å²) in [6.45, 7) is 2.29. The second-order valence-corrected chi connectivity index (χ2v) is 5.88. The molecule has 0 aliphatic heterocycles. The molecule has 0 atom stereocenters. The van der Waals surface area contributed by atoms with E-state index in [2.05, 4.69) is 21.8 Å². The first-order chi connectivity index (χ1) is 9.03. The first kappa shape index (κ1) is 13.6. The fourth-order valence-electron chi connectivity index (χ4n) is 1.65. The molecule has 2 aromatic rings. The zero-order valence-corrected chi connectivity index (χ0v) is 11.4. The minimum Gasteiger partial charge on any atom is -0.383 e. The van der Waals surface area contributed by atoms with Gasteiger partial charge in [-0.25, -0.2) is 13.1 Å². The van der Waals surface area contributed by atoms with Crippen molar-refractivity contribution in [1.29, 1.82) is 0 Å². The maximum Gasteiger partial charge on any atom is 0.246 e. The molecule has 6 nitrogen and oxygen atoms in total. The number of hydrogen-bond acceptors (Lipinski definition) is 4. The molecule has 0 unspecified atom stereocenters. The fourth-order valence-corrected chi connectivity index (χ4v) is 2.69. The van der Waals surface area contributed by atoms with Gasteiger partial charge in [0.15, 0.2) is 0 Å². The zero-order valence-electron chi connectivity index (χ0n) is 10.6. The molecule has 0 spiro atoms. The van der Waals surface area contributed by atoms with Gasteiger partial charge in [0.25, 0.3) is 0 Å². The lowest BCUT2D eigenvalue weighted by atomic mass is 10.1. The Balaban J connectivity index is 2.07. The molecule has 19 heavy (non-hydrogen) atoms. The Morgan fingerprint density at radius 2 is 1.89 bits per heavy atom. The van der Waals surface area contributed by atoms with E-state index in [-0.39, 0.29) is 17.3 Å². The molecule has 0 aliphatic rings. The molecule has 0 fully saturated rings. The molecule has 0 aliphatic carbocycles. The second-order valence-electron chi connectivity index (χ2n) is 4.14. The van der Waals surface area contributed by atoms with Crippen LogP contribution in [-0.2, 0) is 23.0 Å². The minimum atomic E-state index is -3.63. The van der Waals surface area contributed by atoms with Crippen molar-refractivity contribution in [3.8, 4) is 0 Å². The van der Waals surface area contributed by atoms with Gasteiger partial charge in [-0.15, -0.1) is 0 Å². The summed E-state index contributed by atoms with van der Waals surface area (Å²) in [5.74, 6) is 0.0360. The number of nitrogens with one attached hydrogen (secondary N) is 2. The van der Waals surface area contributed by atoms with Gasteiger partial charge in [-0.1, -0.05) is 31.2 Å². The topological polar surface area (TPSA) is 101 Å². The Morgan fingerprint density at radius 3 is 2.42 bits per heavy atom. The molecule has 0 radical (unpaired) electrons. The van der Waals surface area contributed by atoms with Crippen LogP contribution in [0.15, 0.2) is 35.4 Å². The Morgan fingerprint density at radius 1 is 1.26 bits per heavy atom. The molecule has 0 saturated heterocycles. The van der Waals surface area contributed by atoms with Crippen LogP contribution in [0.2, 0.25) is 0 Å². The van der Waals surface area contributed by atoms with Gasteiger partial charge in [-0.3, -0.25) is 5.10 Å². The molecular formula is C12H16N4O2S. The predicted octanol–water partition coefficient (Wildman–Crippen LogP) is 1.03. The summed E-state index contributed by atoms with van der Waals surface area (Å²) >= 11 is 0. The van der Waals surface area contributed by atoms with Gasteiger partial charge in [-0.05, 0) is 17.5 Å². The van der Waals surface area contributed by atoms with Crippen LogP contribution in [0.1, 0.15) is 18.1 Å². The van der Waals surface area contributed by atoms with E-state index in [1.165, 1.54) is 11.8 Å². The van der Waals surface area contributed by atoms with Crippen molar-refractivity contribution in [1.82, 2.24) is 14.9 Å². The Bertz CT molecular complexity index is 647. The Hall–Kier alpha value is -1.86. The Kier molecular flexibility index (Phi) is 3.87. The standard InChI is InChI=1S/C12H16N4O2S/c1-2-9-3-5-10(6-4-9)7-15-19(17,18)11-8-14-16-12(11)13/h3-6,8,15H,2,7H2,1H3,(H3,13,14,16). The highest BCUT2D eigenvalue weighted by Crippen LogP contribution is 2.14. The molecule has 102 valence electrons. The van der Waals surface area contributed by atoms with Gasteiger partial charge in [0, 0.05) is 6.54 Å². The van der Waals surface area contributed by atoms with Crippen LogP contribution in [0, 0.1) is 0 Å². The molecule has 0 bridgehead atoms. The summed E-state index contributed by atoms with van der Waals surface area (Å²) in [5.41, 5.74) is 7.60. The lowest BCUT2D eigenvalue weighted by molar-refractivity contribution is 0.582. The van der Waals surface area contributed by atoms with Gasteiger partial charge in [0.05, 0.1) is 6.20 Å². The van der Waals surface area contributed by atoms with E-state index in [9.17, 15) is 8.42 Å². The average molecular weight is 280 g/mol. The van der Waals surface area contributed by atoms with Crippen LogP contribution in [0.5, 0.6) is 0 Å². The van der Waals surface area contributed by atoms with Gasteiger partial charge in [-0.2, -0.15) is 5.10 Å². The van der Waals surface area contributed by atoms with Gasteiger partial charge < -0.3 is 5.73 Å². The predicted molar refractivity (Wildman–Crippen MR) is 72.8 cm³/mol. The fraction of sp³-hybridized carbons (Fsp3) is 0.250. The molecule has 1 heterocycles. The first-order valence-electron chi connectivity index (χ1n) is 5.89. The number of aromatic nitrogens is 2. The maximum absolute atomic E-state index is 12.0. The number of hydrogen-bond donors (Lipinski definition) is 3. The third kappa shape index (κ3) is 3.12. The third-order valence-corrected chi connectivity index (χ3v) is 4.25. The minimum absolute atomic E-state index is 0.0299. The summed E-state index contributed by atoms with van der Waals surface area (Å²) in [6.07, 6.45) is 2.15. The number of nitrogens with zero attached hydrogens (tertiary/aromatic N) is 1. The van der Waals surface area contributed by atoms with Crippen molar-refractivity contribution in [3.05, 3.63) is 41.6 Å². The number of aryl methyl sites for hydroxylation is 1. The SMILES string of the molecule is CCc1ccc(CNS(=O)(=O)c2cn[nH]c2N)cc1. The average Bonchev–Trinajstić information content (AvgIpc) is 2.84. The number of benzene rings is 1. The molecular weight excluding hydrogens is 264 g/mol. The largest absolute Gasteiger partial charge is 0.383 e. The van der Waals surface area contributed by atoms with Gasteiger partial charge in [0.1, 0.15) is 10.7 Å². The van der Waals surface area contributed by atoms with E-state index in [0.29, 0.717) is 0 Å². The van der Waals surface area contributed by atoms with Crippen molar-refractivity contribution < 1.29 is 8.42 Å². The molecule has 1 aromatic carbocycles. The zero-order chi connectivity index (χ0) is 13.9. The molecule has 1 aromatic heterocycles. The van der Waals surface area contributed by atoms with E-state index in [1.54, 1.807) is 0 Å². The number of sulfonamides is 1. The molecule has 7 heteroatoms. The van der Waals surface area contributed by atoms with Crippen LogP contribution in [0.4, 0.5) is 5.82 Å². The van der Waals surface area contributed by atoms with Crippen LogP contribution in [0.3, 0.4) is 0 Å². The Labute approximate surface area is 112 Å². The number of aromatic amines is 1. The molecule has 4 N–H and O–H groups in total. The highest BCUT2D eigenvalue weighted by Gasteiger charge is 2.18. The smallest absolute Gasteiger partial charge is 0.246 e. The van der Waals surface area contributed by atoms with Crippen LogP contribution in [0.25, 0.3) is 0 Å². The van der Waals surface area contributed by atoms with Crippen molar-refractivity contribution >= 4 is 15.8 Å². The van der Waals surface area contributed by atoms with Crippen molar-refractivity contribution in [2.75, 3.05) is 5.73 Å². The number of nitrogens with two attached hydrogens (primary N) is 1. The summed E-state index contributed by atoms with van der Waals surface area (Å²) in [4.78, 5) is -0.0299. The number of anilines is 1. The van der Waals surface area contributed by atoms with Crippen molar-refractivity contribution in [2.45, 2.75) is 24.8 Å². The van der Waals surface area contributed by atoms with Crippen LogP contribution in [-0.4, -0.2) is 18.6 Å². The van der Waals surface area contributed by atoms with E-state index in [1.807, 2.05) is 24.3 Å². The first-order valence-corrected chi connectivity index (χ1v) is 7.37. The third-order valence-electron chi connectivity index (χ3n) is 2.82. The monoisotopic (exact) mass is 280 g/mol. The normalized spacial score (nSPS) is 11.6. The summed E-state index contributed by atoms with van der Waals surface area (Å²) < 4.78 is 26.4. The van der Waals surface area contributed by atoms with E-state index in [4.69, 9.17) is 5.73 Å². The number of rotatable bonds is 5. The molecule has 0 amide bonds. The lowest BCUT2D eigenvalue weighted by Crippen LogP contribution is -2.23. The molecule has 0 saturated carbocycles. The number of H-pyrrole nitrogens is 1. The maximum atomic E-state index is 12.0. The molecule has 2 rings (SSSR count). The highest BCUT2D eigenvalue weighted by atomic mass is 32.2. The lowest BCUT2D eigenvalue weighted by Gasteiger charge is -2.06. The number of nitrogen functional groups attached to an aromatic ring is 1. The highest BCUT2D eigenvalue weighted by molar-refractivity contribution is 7.89. The summed E-state index contributed by atoms with van der Waals surface area (Å²) in [5, 5.41) is 5.99.